The maximum atomic E-state index is 10.5. The quantitative estimate of drug-likeness (QED) is 0.155. The zero-order chi connectivity index (χ0) is 25.0. The molecule has 2 nitrogen and oxygen atoms in total. The molecule has 4 aromatic rings. The summed E-state index contributed by atoms with van der Waals surface area (Å²) in [6.07, 6.45) is 4.39. The zero-order valence-corrected chi connectivity index (χ0v) is 23.2. The molecule has 4 aromatic carbocycles. The van der Waals surface area contributed by atoms with E-state index in [1.54, 1.807) is 0 Å². The van der Waals surface area contributed by atoms with Gasteiger partial charge in [-0.3, -0.25) is 0 Å². The number of rotatable bonds is 4. The van der Waals surface area contributed by atoms with Gasteiger partial charge >= 0.3 is 27.7 Å². The molecule has 1 saturated carbocycles. The van der Waals surface area contributed by atoms with Crippen molar-refractivity contribution in [2.24, 2.45) is 5.73 Å². The van der Waals surface area contributed by atoms with Crippen LogP contribution in [-0.4, -0.2) is 16.9 Å². The molecular weight excluding hydrogens is 563 g/mol. The second-order valence-corrected chi connectivity index (χ2v) is 11.2. The van der Waals surface area contributed by atoms with E-state index in [0.717, 1.165) is 18.4 Å². The van der Waals surface area contributed by atoms with Gasteiger partial charge in [0, 0.05) is 5.66 Å². The molecule has 1 aliphatic rings. The summed E-state index contributed by atoms with van der Waals surface area (Å²) in [6, 6.07) is 36.9. The van der Waals surface area contributed by atoms with E-state index in [0.29, 0.717) is 5.66 Å². The normalized spacial score (nSPS) is 18.1. The Morgan fingerprint density at radius 2 is 1.40 bits per heavy atom. The van der Waals surface area contributed by atoms with Crippen molar-refractivity contribution >= 4 is 38.8 Å². The molecule has 0 amide bonds. The average Bonchev–Trinajstić information content (AvgIpc) is 2.92. The first-order chi connectivity index (χ1) is 17.1. The first-order valence-corrected chi connectivity index (χ1v) is 15.4. The van der Waals surface area contributed by atoms with Crippen LogP contribution in [0.4, 0.5) is 0 Å². The molecule has 186 valence electrons. The summed E-state index contributed by atoms with van der Waals surface area (Å²) in [6.45, 7) is 2.00. The third-order valence-electron chi connectivity index (χ3n) is 6.33. The molecule has 0 heterocycles. The van der Waals surface area contributed by atoms with Gasteiger partial charge < -0.3 is 10.8 Å². The Morgan fingerprint density at radius 3 is 1.97 bits per heavy atom. The van der Waals surface area contributed by atoms with E-state index in [2.05, 4.69) is 107 Å². The van der Waals surface area contributed by atoms with Gasteiger partial charge in [-0.15, -0.1) is 22.4 Å². The Balaban J connectivity index is 0.000000197. The van der Waals surface area contributed by atoms with E-state index in [-0.39, 0.29) is 12.1 Å². The molecule has 0 radical (unpaired) electrons. The van der Waals surface area contributed by atoms with E-state index in [4.69, 9.17) is 5.73 Å². The van der Waals surface area contributed by atoms with Crippen LogP contribution in [0.3, 0.4) is 0 Å². The van der Waals surface area contributed by atoms with Gasteiger partial charge in [0.2, 0.25) is 0 Å². The first-order valence-electron chi connectivity index (χ1n) is 12.0. The Kier molecular flexibility index (Phi) is 11.9. The standard InChI is InChI=1S/C18H21OP.C12H12N.ClH.Pd/c19-17-13-7-8-14-18(17)20(15-9-3-1-4-10-15)16-11-5-2-6-12-16;1-9(13)11-8-4-6-10-5-2-3-7-12(10)11;;/h1-6,9-12,17-19H,7-8,13-14H2;2-3,5-9H,13H2,1H3;1H;/q;-1;;+2/p-1/t17-,18-;9-;;/m11../s1. The van der Waals surface area contributed by atoms with Crippen LogP contribution >= 0.6 is 17.5 Å². The Morgan fingerprint density at radius 1 is 0.857 bits per heavy atom. The van der Waals surface area contributed by atoms with Crippen LogP contribution in [0.15, 0.2) is 97.1 Å². The molecule has 35 heavy (non-hydrogen) atoms. The molecule has 0 aromatic heterocycles. The monoisotopic (exact) mass is 595 g/mol. The van der Waals surface area contributed by atoms with Crippen molar-refractivity contribution in [3.8, 4) is 0 Å². The van der Waals surface area contributed by atoms with Crippen molar-refractivity contribution in [2.45, 2.75) is 50.4 Å². The molecule has 0 aliphatic heterocycles. The molecule has 0 saturated heterocycles. The van der Waals surface area contributed by atoms with Gasteiger partial charge in [-0.1, -0.05) is 98.6 Å². The van der Waals surface area contributed by atoms with E-state index in [9.17, 15) is 5.11 Å². The number of aliphatic hydroxyl groups excluding tert-OH is 1. The fourth-order valence-electron chi connectivity index (χ4n) is 4.66. The summed E-state index contributed by atoms with van der Waals surface area (Å²) in [4.78, 5) is 0. The van der Waals surface area contributed by atoms with Crippen molar-refractivity contribution in [1.82, 2.24) is 0 Å². The molecule has 3 atom stereocenters. The summed E-state index contributed by atoms with van der Waals surface area (Å²) in [5.74, 6) is 0. The average molecular weight is 596 g/mol. The molecular formula is C30H33ClNOPPd. The predicted octanol–water partition coefficient (Wildman–Crippen LogP) is 6.77. The third kappa shape index (κ3) is 7.71. The van der Waals surface area contributed by atoms with Crippen molar-refractivity contribution in [3.05, 3.63) is 109 Å². The molecule has 1 aliphatic carbocycles. The topological polar surface area (TPSA) is 46.2 Å². The van der Waals surface area contributed by atoms with Crippen LogP contribution < -0.4 is 16.3 Å². The van der Waals surface area contributed by atoms with Crippen LogP contribution in [0.2, 0.25) is 0 Å². The summed E-state index contributed by atoms with van der Waals surface area (Å²) in [7, 11) is 4.03. The molecule has 1 fully saturated rings. The molecule has 5 rings (SSSR count). The fourth-order valence-corrected chi connectivity index (χ4v) is 7.65. The molecule has 5 heteroatoms. The summed E-state index contributed by atoms with van der Waals surface area (Å²) >= 11 is 2.22. The van der Waals surface area contributed by atoms with E-state index in [1.165, 1.54) is 34.2 Å². The van der Waals surface area contributed by atoms with Crippen LogP contribution in [0.5, 0.6) is 0 Å². The van der Waals surface area contributed by atoms with Crippen molar-refractivity contribution in [3.63, 3.8) is 0 Å². The van der Waals surface area contributed by atoms with Gasteiger partial charge in [0.05, 0.1) is 6.10 Å². The molecule has 0 bridgehead atoms. The minimum atomic E-state index is -0.458. The number of hydrogen-bond acceptors (Lipinski definition) is 2. The number of benzene rings is 4. The van der Waals surface area contributed by atoms with Crippen molar-refractivity contribution in [2.75, 3.05) is 0 Å². The van der Waals surface area contributed by atoms with Crippen LogP contribution in [-0.2, 0) is 18.2 Å². The van der Waals surface area contributed by atoms with Gasteiger partial charge in [-0.05, 0) is 37.4 Å². The number of fused-ring (bicyclic) bond motifs is 1. The Bertz CT molecular complexity index is 1100. The van der Waals surface area contributed by atoms with Gasteiger partial charge in [-0.2, -0.15) is 18.2 Å². The van der Waals surface area contributed by atoms with Crippen LogP contribution in [0.1, 0.15) is 44.2 Å². The number of nitrogens with two attached hydrogens (primary N) is 1. The number of halogens is 1. The third-order valence-corrected chi connectivity index (χ3v) is 9.31. The molecule has 0 spiro atoms. The molecule has 3 N–H and O–H groups in total. The van der Waals surface area contributed by atoms with Gasteiger partial charge in [0.15, 0.2) is 0 Å². The minimum absolute atomic E-state index is 0.0716. The second-order valence-electron chi connectivity index (χ2n) is 8.75. The molecule has 0 unspecified atom stereocenters. The Labute approximate surface area is 226 Å². The van der Waals surface area contributed by atoms with Crippen molar-refractivity contribution in [1.29, 1.82) is 0 Å². The summed E-state index contributed by atoms with van der Waals surface area (Å²) < 4.78 is 0. The van der Waals surface area contributed by atoms with Crippen LogP contribution in [0.25, 0.3) is 10.8 Å². The van der Waals surface area contributed by atoms with Crippen molar-refractivity contribution < 1.29 is 23.3 Å². The maximum absolute atomic E-state index is 10.5. The van der Waals surface area contributed by atoms with Crippen LogP contribution in [0, 0.1) is 6.07 Å². The van der Waals surface area contributed by atoms with Gasteiger partial charge in [0.1, 0.15) is 0 Å². The van der Waals surface area contributed by atoms with E-state index in [1.807, 2.05) is 31.2 Å². The van der Waals surface area contributed by atoms with Gasteiger partial charge in [-0.25, -0.2) is 0 Å². The Hall–Kier alpha value is -1.56. The van der Waals surface area contributed by atoms with E-state index >= 15 is 0 Å². The second kappa shape index (κ2) is 14.9. The fraction of sp³-hybridized carbons (Fsp3) is 0.267. The van der Waals surface area contributed by atoms with E-state index < -0.39 is 7.92 Å². The first kappa shape index (κ1) is 28.0. The summed E-state index contributed by atoms with van der Waals surface area (Å²) in [5.41, 5.74) is 7.43. The van der Waals surface area contributed by atoms with Gasteiger partial charge in [0.25, 0.3) is 0 Å². The predicted molar refractivity (Wildman–Crippen MR) is 149 cm³/mol. The zero-order valence-electron chi connectivity index (χ0n) is 20.0. The number of aliphatic hydroxyl groups is 1. The summed E-state index contributed by atoms with van der Waals surface area (Å²) in [5, 5.41) is 15.7. The SMILES string of the molecule is C[C@@H](N)c1c[c-]cc2ccccc12.O[C@@H]1CCCC[C@H]1P(c1ccccc1)c1ccccc1.[Cl][Pd+]. The number of hydrogen-bond donors (Lipinski definition) is 2.